The molecule has 0 unspecified atom stereocenters. The van der Waals surface area contributed by atoms with Crippen LogP contribution in [0, 0.1) is 3.57 Å². The van der Waals surface area contributed by atoms with Gasteiger partial charge in [-0.15, -0.1) is 0 Å². The highest BCUT2D eigenvalue weighted by atomic mass is 127. The highest BCUT2D eigenvalue weighted by molar-refractivity contribution is 14.1. The number of hydrogen-bond donors (Lipinski definition) is 0. The number of carbonyl (C=O) groups is 4. The molecule has 0 aromatic heterocycles. The van der Waals surface area contributed by atoms with Gasteiger partial charge in [-0.25, -0.2) is 4.79 Å². The third-order valence-corrected chi connectivity index (χ3v) is 5.24. The zero-order valence-corrected chi connectivity index (χ0v) is 20.0. The number of halogens is 1. The molecule has 0 aliphatic carbocycles. The van der Waals surface area contributed by atoms with Gasteiger partial charge in [-0.3, -0.25) is 19.3 Å². The summed E-state index contributed by atoms with van der Waals surface area (Å²) in [7, 11) is 0. The first-order chi connectivity index (χ1) is 14.0. The van der Waals surface area contributed by atoms with Crippen LogP contribution in [0.25, 0.3) is 6.08 Å². The standard InChI is InChI=1S/C20H22INO7S/c1-5-27-17(24)11-28-14-7-6-12(8-13(14)21)9-15-18(25)22(19(26)30-15)10-16(23)29-20(2,3)4/h6-9H,5,10-11H2,1-4H3. The Morgan fingerprint density at radius 1 is 1.20 bits per heavy atom. The molecule has 0 spiro atoms. The van der Waals surface area contributed by atoms with Gasteiger partial charge in [0, 0.05) is 0 Å². The van der Waals surface area contributed by atoms with E-state index in [0.717, 1.165) is 20.2 Å². The summed E-state index contributed by atoms with van der Waals surface area (Å²) in [4.78, 5) is 49.1. The van der Waals surface area contributed by atoms with Crippen molar-refractivity contribution in [2.24, 2.45) is 0 Å². The number of amides is 2. The number of benzene rings is 1. The summed E-state index contributed by atoms with van der Waals surface area (Å²) in [5.74, 6) is -1.16. The van der Waals surface area contributed by atoms with E-state index < -0.39 is 35.2 Å². The van der Waals surface area contributed by atoms with E-state index in [1.807, 2.05) is 22.6 Å². The molecule has 8 nitrogen and oxygen atoms in total. The largest absolute Gasteiger partial charge is 0.481 e. The van der Waals surface area contributed by atoms with Crippen molar-refractivity contribution in [1.82, 2.24) is 4.90 Å². The Morgan fingerprint density at radius 2 is 1.90 bits per heavy atom. The molecule has 0 radical (unpaired) electrons. The van der Waals surface area contributed by atoms with Gasteiger partial charge in [0.05, 0.1) is 15.1 Å². The lowest BCUT2D eigenvalue weighted by molar-refractivity contribution is -0.156. The maximum absolute atomic E-state index is 12.5. The van der Waals surface area contributed by atoms with Crippen LogP contribution in [0.3, 0.4) is 0 Å². The Bertz CT molecular complexity index is 892. The molecule has 10 heteroatoms. The van der Waals surface area contributed by atoms with Crippen molar-refractivity contribution in [2.45, 2.75) is 33.3 Å². The minimum atomic E-state index is -0.706. The first-order valence-corrected chi connectivity index (χ1v) is 10.9. The third kappa shape index (κ3) is 7.01. The maximum atomic E-state index is 12.5. The number of rotatable bonds is 7. The van der Waals surface area contributed by atoms with Crippen molar-refractivity contribution in [3.8, 4) is 5.75 Å². The minimum Gasteiger partial charge on any atom is -0.481 e. The van der Waals surface area contributed by atoms with Crippen LogP contribution in [0.15, 0.2) is 23.1 Å². The molecule has 0 atom stereocenters. The smallest absolute Gasteiger partial charge is 0.344 e. The molecule has 0 saturated carbocycles. The van der Waals surface area contributed by atoms with Crippen LogP contribution in [0.2, 0.25) is 0 Å². The summed E-state index contributed by atoms with van der Waals surface area (Å²) in [5.41, 5.74) is -0.0340. The zero-order valence-electron chi connectivity index (χ0n) is 17.0. The molecule has 1 saturated heterocycles. The number of nitrogens with zero attached hydrogens (tertiary/aromatic N) is 1. The summed E-state index contributed by atoms with van der Waals surface area (Å²) in [6.07, 6.45) is 1.57. The summed E-state index contributed by atoms with van der Waals surface area (Å²) in [5, 5.41) is -0.527. The molecule has 1 aromatic rings. The van der Waals surface area contributed by atoms with E-state index in [9.17, 15) is 19.2 Å². The van der Waals surface area contributed by atoms with Crippen molar-refractivity contribution in [3.05, 3.63) is 32.2 Å². The maximum Gasteiger partial charge on any atom is 0.344 e. The van der Waals surface area contributed by atoms with Crippen molar-refractivity contribution in [1.29, 1.82) is 0 Å². The zero-order chi connectivity index (χ0) is 22.5. The summed E-state index contributed by atoms with van der Waals surface area (Å²) >= 11 is 2.81. The molecular formula is C20H22INO7S. The van der Waals surface area contributed by atoms with Crippen LogP contribution >= 0.6 is 34.4 Å². The van der Waals surface area contributed by atoms with Gasteiger partial charge in [0.25, 0.3) is 11.1 Å². The van der Waals surface area contributed by atoms with Crippen molar-refractivity contribution >= 4 is 63.5 Å². The van der Waals surface area contributed by atoms with E-state index in [1.165, 1.54) is 0 Å². The van der Waals surface area contributed by atoms with E-state index in [2.05, 4.69) is 0 Å². The first kappa shape index (κ1) is 24.2. The fraction of sp³-hybridized carbons (Fsp3) is 0.400. The normalized spacial score (nSPS) is 15.5. The average molecular weight is 547 g/mol. The Kier molecular flexibility index (Phi) is 8.30. The second-order valence-electron chi connectivity index (χ2n) is 7.14. The molecule has 2 amide bonds. The summed E-state index contributed by atoms with van der Waals surface area (Å²) in [6.45, 7) is 6.48. The fourth-order valence-electron chi connectivity index (χ4n) is 2.35. The van der Waals surface area contributed by atoms with Gasteiger partial charge < -0.3 is 14.2 Å². The molecule has 1 aliphatic rings. The SMILES string of the molecule is CCOC(=O)COc1ccc(C=C2SC(=O)N(CC(=O)OC(C)(C)C)C2=O)cc1I. The van der Waals surface area contributed by atoms with Gasteiger partial charge in [0.2, 0.25) is 0 Å². The molecule has 162 valence electrons. The number of imide groups is 1. The Balaban J connectivity index is 2.07. The number of ether oxygens (including phenoxy) is 3. The van der Waals surface area contributed by atoms with Crippen LogP contribution in [-0.2, 0) is 23.9 Å². The average Bonchev–Trinajstić information content (AvgIpc) is 2.87. The van der Waals surface area contributed by atoms with E-state index in [4.69, 9.17) is 14.2 Å². The first-order valence-electron chi connectivity index (χ1n) is 9.05. The van der Waals surface area contributed by atoms with Crippen LogP contribution < -0.4 is 4.74 Å². The van der Waals surface area contributed by atoms with Crippen LogP contribution in [0.4, 0.5) is 4.79 Å². The lowest BCUT2D eigenvalue weighted by Gasteiger charge is -2.21. The van der Waals surface area contributed by atoms with E-state index in [0.29, 0.717) is 11.3 Å². The monoisotopic (exact) mass is 547 g/mol. The Morgan fingerprint density at radius 3 is 2.50 bits per heavy atom. The molecule has 0 bridgehead atoms. The summed E-state index contributed by atoms with van der Waals surface area (Å²) < 4.78 is 16.1. The second-order valence-corrected chi connectivity index (χ2v) is 9.29. The molecule has 1 aliphatic heterocycles. The minimum absolute atomic E-state index is 0.202. The highest BCUT2D eigenvalue weighted by Crippen LogP contribution is 2.33. The number of esters is 2. The number of thioether (sulfide) groups is 1. The fourth-order valence-corrected chi connectivity index (χ4v) is 3.89. The van der Waals surface area contributed by atoms with E-state index in [1.54, 1.807) is 52.0 Å². The molecule has 1 heterocycles. The lowest BCUT2D eigenvalue weighted by atomic mass is 10.2. The molecule has 0 N–H and O–H groups in total. The number of carbonyl (C=O) groups excluding carboxylic acids is 4. The van der Waals surface area contributed by atoms with E-state index in [-0.39, 0.29) is 18.1 Å². The van der Waals surface area contributed by atoms with Gasteiger partial charge in [-0.2, -0.15) is 0 Å². The topological polar surface area (TPSA) is 99.2 Å². The summed E-state index contributed by atoms with van der Waals surface area (Å²) in [6, 6.07) is 5.12. The third-order valence-electron chi connectivity index (χ3n) is 3.49. The number of hydrogen-bond acceptors (Lipinski definition) is 8. The molecule has 1 aromatic carbocycles. The predicted octanol–water partition coefficient (Wildman–Crippen LogP) is 3.61. The van der Waals surface area contributed by atoms with Crippen LogP contribution in [-0.4, -0.2) is 53.3 Å². The Hall–Kier alpha value is -2.08. The van der Waals surface area contributed by atoms with Gasteiger partial charge in [0.1, 0.15) is 17.9 Å². The lowest BCUT2D eigenvalue weighted by Crippen LogP contribution is -2.37. The van der Waals surface area contributed by atoms with Crippen LogP contribution in [0.1, 0.15) is 33.3 Å². The quantitative estimate of drug-likeness (QED) is 0.290. The molecular weight excluding hydrogens is 525 g/mol. The highest BCUT2D eigenvalue weighted by Gasteiger charge is 2.37. The van der Waals surface area contributed by atoms with Gasteiger partial charge >= 0.3 is 11.9 Å². The van der Waals surface area contributed by atoms with E-state index >= 15 is 0 Å². The van der Waals surface area contributed by atoms with Crippen molar-refractivity contribution in [2.75, 3.05) is 19.8 Å². The second kappa shape index (κ2) is 10.3. The predicted molar refractivity (Wildman–Crippen MR) is 120 cm³/mol. The molecule has 1 fully saturated rings. The Labute approximate surface area is 192 Å². The van der Waals surface area contributed by atoms with Crippen molar-refractivity contribution < 1.29 is 33.4 Å². The van der Waals surface area contributed by atoms with Gasteiger partial charge in [-0.1, -0.05) is 6.07 Å². The molecule has 2 rings (SSSR count). The van der Waals surface area contributed by atoms with Crippen molar-refractivity contribution in [3.63, 3.8) is 0 Å². The van der Waals surface area contributed by atoms with Crippen LogP contribution in [0.5, 0.6) is 5.75 Å². The van der Waals surface area contributed by atoms with Gasteiger partial charge in [0.15, 0.2) is 6.61 Å². The molecule has 30 heavy (non-hydrogen) atoms. The van der Waals surface area contributed by atoms with Gasteiger partial charge in [-0.05, 0) is 85.8 Å².